The van der Waals surface area contributed by atoms with E-state index in [0.717, 1.165) is 6.42 Å². The molecule has 0 saturated heterocycles. The van der Waals surface area contributed by atoms with Gasteiger partial charge in [0.25, 0.3) is 0 Å². The average Bonchev–Trinajstić information content (AvgIpc) is 1.83. The molecule has 4 N–H and O–H groups in total. The van der Waals surface area contributed by atoms with E-state index in [1.165, 1.54) is 0 Å². The van der Waals surface area contributed by atoms with E-state index >= 15 is 0 Å². The Morgan fingerprint density at radius 2 is 2.38 bits per heavy atom. The fraction of sp³-hybridized carbons (Fsp3) is 1.00. The molecule has 0 heterocycles. The van der Waals surface area contributed by atoms with E-state index < -0.39 is 0 Å². The second-order valence-electron chi connectivity index (χ2n) is 1.67. The molecule has 8 heavy (non-hydrogen) atoms. The normalized spacial score (nSPS) is 13.9. The highest BCUT2D eigenvalue weighted by Crippen LogP contribution is 1.80. The van der Waals surface area contributed by atoms with Crippen molar-refractivity contribution in [1.29, 1.82) is 0 Å². The zero-order valence-corrected chi connectivity index (χ0v) is 5.22. The summed E-state index contributed by atoms with van der Waals surface area (Å²) in [5, 5.41) is 11.6. The van der Waals surface area contributed by atoms with Crippen molar-refractivity contribution in [1.82, 2.24) is 5.32 Å². The molecule has 0 radical (unpaired) electrons. The highest BCUT2D eigenvalue weighted by atomic mass is 16.3. The lowest BCUT2D eigenvalue weighted by Crippen LogP contribution is -2.32. The maximum absolute atomic E-state index is 8.82. The van der Waals surface area contributed by atoms with Gasteiger partial charge in [0, 0.05) is 13.1 Å². The molecule has 0 aromatic carbocycles. The SMILES string of the molecule is CCC(O)NCCN. The third-order valence-electron chi connectivity index (χ3n) is 0.911. The van der Waals surface area contributed by atoms with Crippen molar-refractivity contribution >= 4 is 0 Å². The number of rotatable bonds is 4. The Kier molecular flexibility index (Phi) is 4.95. The highest BCUT2D eigenvalue weighted by molar-refractivity contribution is 4.49. The second kappa shape index (κ2) is 5.03. The van der Waals surface area contributed by atoms with E-state index in [-0.39, 0.29) is 6.23 Å². The first kappa shape index (κ1) is 7.88. The van der Waals surface area contributed by atoms with Crippen LogP contribution in [0.25, 0.3) is 0 Å². The van der Waals surface area contributed by atoms with Crippen LogP contribution in [0.5, 0.6) is 0 Å². The van der Waals surface area contributed by atoms with Gasteiger partial charge < -0.3 is 10.8 Å². The molecule has 0 aromatic rings. The van der Waals surface area contributed by atoms with Gasteiger partial charge in [-0.15, -0.1) is 0 Å². The van der Waals surface area contributed by atoms with Crippen LogP contribution in [0.4, 0.5) is 0 Å². The van der Waals surface area contributed by atoms with Gasteiger partial charge in [-0.3, -0.25) is 5.32 Å². The third kappa shape index (κ3) is 4.05. The summed E-state index contributed by atoms with van der Waals surface area (Å²) in [5.41, 5.74) is 5.16. The molecule has 0 rings (SSSR count). The second-order valence-corrected chi connectivity index (χ2v) is 1.67. The molecule has 0 saturated carbocycles. The van der Waals surface area contributed by atoms with Crippen molar-refractivity contribution in [3.8, 4) is 0 Å². The molecule has 1 atom stereocenters. The molecule has 0 aliphatic heterocycles. The lowest BCUT2D eigenvalue weighted by Gasteiger charge is -2.07. The first-order chi connectivity index (χ1) is 3.81. The summed E-state index contributed by atoms with van der Waals surface area (Å²) in [5.74, 6) is 0. The van der Waals surface area contributed by atoms with E-state index in [1.807, 2.05) is 6.92 Å². The van der Waals surface area contributed by atoms with Crippen LogP contribution in [0.1, 0.15) is 13.3 Å². The van der Waals surface area contributed by atoms with Gasteiger partial charge in [-0.05, 0) is 6.42 Å². The predicted molar refractivity (Wildman–Crippen MR) is 33.4 cm³/mol. The van der Waals surface area contributed by atoms with Crippen LogP contribution in [0.3, 0.4) is 0 Å². The summed E-state index contributed by atoms with van der Waals surface area (Å²) < 4.78 is 0. The number of nitrogens with one attached hydrogen (secondary N) is 1. The Morgan fingerprint density at radius 1 is 1.75 bits per heavy atom. The molecule has 0 aliphatic rings. The Hall–Kier alpha value is -0.120. The molecule has 50 valence electrons. The van der Waals surface area contributed by atoms with E-state index in [2.05, 4.69) is 5.32 Å². The van der Waals surface area contributed by atoms with Gasteiger partial charge in [0.05, 0.1) is 0 Å². The smallest absolute Gasteiger partial charge is 0.104 e. The van der Waals surface area contributed by atoms with Gasteiger partial charge in [-0.25, -0.2) is 0 Å². The van der Waals surface area contributed by atoms with Crippen LogP contribution in [-0.2, 0) is 0 Å². The van der Waals surface area contributed by atoms with Crippen LogP contribution in [-0.4, -0.2) is 24.4 Å². The van der Waals surface area contributed by atoms with E-state index in [0.29, 0.717) is 13.1 Å². The largest absolute Gasteiger partial charge is 0.379 e. The van der Waals surface area contributed by atoms with Gasteiger partial charge in [0.2, 0.25) is 0 Å². The van der Waals surface area contributed by atoms with Crippen LogP contribution in [0.15, 0.2) is 0 Å². The van der Waals surface area contributed by atoms with E-state index in [4.69, 9.17) is 10.8 Å². The Bertz CT molecular complexity index is 49.7. The van der Waals surface area contributed by atoms with Gasteiger partial charge >= 0.3 is 0 Å². The number of aliphatic hydroxyl groups is 1. The minimum atomic E-state index is -0.376. The van der Waals surface area contributed by atoms with Crippen LogP contribution < -0.4 is 11.1 Å². The molecule has 0 aromatic heterocycles. The van der Waals surface area contributed by atoms with Crippen LogP contribution in [0, 0.1) is 0 Å². The summed E-state index contributed by atoms with van der Waals surface area (Å²) in [6, 6.07) is 0. The molecule has 0 spiro atoms. The molecule has 0 bridgehead atoms. The lowest BCUT2D eigenvalue weighted by molar-refractivity contribution is 0.134. The zero-order chi connectivity index (χ0) is 6.41. The first-order valence-corrected chi connectivity index (χ1v) is 2.92. The molecular weight excluding hydrogens is 104 g/mol. The maximum Gasteiger partial charge on any atom is 0.104 e. The number of aliphatic hydroxyl groups excluding tert-OH is 1. The van der Waals surface area contributed by atoms with E-state index in [9.17, 15) is 0 Å². The fourth-order valence-electron chi connectivity index (χ4n) is 0.394. The number of hydrogen-bond donors (Lipinski definition) is 3. The Balaban J connectivity index is 2.86. The monoisotopic (exact) mass is 118 g/mol. The molecular formula is C5H14N2O. The average molecular weight is 118 g/mol. The van der Waals surface area contributed by atoms with Gasteiger partial charge in [-0.1, -0.05) is 6.92 Å². The molecule has 0 aliphatic carbocycles. The zero-order valence-electron chi connectivity index (χ0n) is 5.22. The van der Waals surface area contributed by atoms with Gasteiger partial charge in [-0.2, -0.15) is 0 Å². The summed E-state index contributed by atoms with van der Waals surface area (Å²) in [6.07, 6.45) is 0.360. The molecule has 1 unspecified atom stereocenters. The third-order valence-corrected chi connectivity index (χ3v) is 0.911. The summed E-state index contributed by atoms with van der Waals surface area (Å²) in [7, 11) is 0. The lowest BCUT2D eigenvalue weighted by atomic mass is 10.4. The van der Waals surface area contributed by atoms with Crippen molar-refractivity contribution < 1.29 is 5.11 Å². The topological polar surface area (TPSA) is 58.3 Å². The van der Waals surface area contributed by atoms with Crippen molar-refractivity contribution in [2.45, 2.75) is 19.6 Å². The summed E-state index contributed by atoms with van der Waals surface area (Å²) in [6.45, 7) is 3.18. The Labute approximate surface area is 49.9 Å². The van der Waals surface area contributed by atoms with E-state index in [1.54, 1.807) is 0 Å². The maximum atomic E-state index is 8.82. The Morgan fingerprint density at radius 3 is 2.75 bits per heavy atom. The summed E-state index contributed by atoms with van der Waals surface area (Å²) >= 11 is 0. The standard InChI is InChI=1S/C5H14N2O/c1-2-5(8)7-4-3-6/h5,7-8H,2-4,6H2,1H3. The van der Waals surface area contributed by atoms with Crippen LogP contribution >= 0.6 is 0 Å². The van der Waals surface area contributed by atoms with Crippen molar-refractivity contribution in [2.75, 3.05) is 13.1 Å². The minimum absolute atomic E-state index is 0.376. The van der Waals surface area contributed by atoms with Crippen molar-refractivity contribution in [2.24, 2.45) is 5.73 Å². The van der Waals surface area contributed by atoms with Gasteiger partial charge in [0.1, 0.15) is 6.23 Å². The number of hydrogen-bond acceptors (Lipinski definition) is 3. The quantitative estimate of drug-likeness (QED) is 0.426. The fourth-order valence-corrected chi connectivity index (χ4v) is 0.394. The molecule has 3 heteroatoms. The van der Waals surface area contributed by atoms with Gasteiger partial charge in [0.15, 0.2) is 0 Å². The molecule has 3 nitrogen and oxygen atoms in total. The first-order valence-electron chi connectivity index (χ1n) is 2.92. The van der Waals surface area contributed by atoms with Crippen molar-refractivity contribution in [3.63, 3.8) is 0 Å². The minimum Gasteiger partial charge on any atom is -0.379 e. The highest BCUT2D eigenvalue weighted by Gasteiger charge is 1.94. The predicted octanol–water partition coefficient (Wildman–Crippen LogP) is -0.737. The summed E-state index contributed by atoms with van der Waals surface area (Å²) in [4.78, 5) is 0. The molecule has 0 amide bonds. The van der Waals surface area contributed by atoms with Crippen LogP contribution in [0.2, 0.25) is 0 Å². The molecule has 0 fully saturated rings. The van der Waals surface area contributed by atoms with Crippen molar-refractivity contribution in [3.05, 3.63) is 0 Å². The number of nitrogens with two attached hydrogens (primary N) is 1.